The van der Waals surface area contributed by atoms with Gasteiger partial charge in [0, 0.05) is 38.2 Å². The summed E-state index contributed by atoms with van der Waals surface area (Å²) < 4.78 is 15.2. The molecule has 8 nitrogen and oxygen atoms in total. The minimum Gasteiger partial charge on any atom is -0.487 e. The Morgan fingerprint density at radius 1 is 1.17 bits per heavy atom. The van der Waals surface area contributed by atoms with Gasteiger partial charge in [0.2, 0.25) is 0 Å². The molecule has 1 aliphatic rings. The smallest absolute Gasteiger partial charge is 0.163 e. The van der Waals surface area contributed by atoms with Crippen molar-refractivity contribution in [2.75, 3.05) is 18.5 Å². The Kier molecular flexibility index (Phi) is 4.63. The Hall–Kier alpha value is -3.39. The molecule has 5 rings (SSSR count). The zero-order valence-corrected chi connectivity index (χ0v) is 17.3. The number of benzene rings is 1. The lowest BCUT2D eigenvalue weighted by atomic mass is 10.1. The van der Waals surface area contributed by atoms with Gasteiger partial charge in [-0.1, -0.05) is 23.8 Å². The molecule has 3 aromatic heterocycles. The Labute approximate surface area is 174 Å². The predicted octanol–water partition coefficient (Wildman–Crippen LogP) is 3.59. The number of aromatic nitrogens is 5. The second-order valence-corrected chi connectivity index (χ2v) is 7.65. The van der Waals surface area contributed by atoms with Gasteiger partial charge in [-0.2, -0.15) is 10.2 Å². The molecule has 0 spiro atoms. The first-order chi connectivity index (χ1) is 14.6. The molecule has 0 aliphatic carbocycles. The van der Waals surface area contributed by atoms with Crippen LogP contribution in [0, 0.1) is 6.92 Å². The van der Waals surface area contributed by atoms with E-state index in [1.54, 1.807) is 10.9 Å². The summed E-state index contributed by atoms with van der Waals surface area (Å²) in [6, 6.07) is 12.3. The topological polar surface area (TPSA) is 79.0 Å². The summed E-state index contributed by atoms with van der Waals surface area (Å²) in [6.45, 7) is 3.41. The first-order valence-corrected chi connectivity index (χ1v) is 10.0. The van der Waals surface area contributed by atoms with E-state index in [9.17, 15) is 0 Å². The fraction of sp³-hybridized carbons (Fsp3) is 0.318. The average Bonchev–Trinajstić information content (AvgIpc) is 3.45. The maximum Gasteiger partial charge on any atom is 0.163 e. The van der Waals surface area contributed by atoms with Crippen molar-refractivity contribution >= 4 is 22.7 Å². The zero-order chi connectivity index (χ0) is 20.7. The van der Waals surface area contributed by atoms with E-state index in [1.807, 2.05) is 37.0 Å². The molecule has 0 bridgehead atoms. The summed E-state index contributed by atoms with van der Waals surface area (Å²) in [6.07, 6.45) is 2.72. The van der Waals surface area contributed by atoms with Crippen molar-refractivity contribution in [1.29, 1.82) is 0 Å². The molecule has 0 saturated carbocycles. The van der Waals surface area contributed by atoms with Crippen LogP contribution in [0.4, 0.5) is 11.6 Å². The van der Waals surface area contributed by atoms with Crippen LogP contribution in [0.15, 0.2) is 42.6 Å². The van der Waals surface area contributed by atoms with Gasteiger partial charge >= 0.3 is 0 Å². The molecule has 154 valence electrons. The van der Waals surface area contributed by atoms with E-state index in [-0.39, 0.29) is 6.10 Å². The summed E-state index contributed by atoms with van der Waals surface area (Å²) in [7, 11) is 3.79. The number of rotatable bonds is 5. The van der Waals surface area contributed by atoms with Crippen molar-refractivity contribution in [3.63, 3.8) is 0 Å². The maximum atomic E-state index is 6.22. The van der Waals surface area contributed by atoms with E-state index in [1.165, 1.54) is 5.56 Å². The van der Waals surface area contributed by atoms with Crippen molar-refractivity contribution in [3.05, 3.63) is 48.2 Å². The van der Waals surface area contributed by atoms with Crippen LogP contribution in [0.25, 0.3) is 22.3 Å². The van der Waals surface area contributed by atoms with Gasteiger partial charge in [-0.15, -0.1) is 0 Å². The SMILES string of the molecule is Cc1cccc(-c2cc(Nc3cc(OC4CCOC4)c4cnn(C)c4n3)n(C)n2)c1. The van der Waals surface area contributed by atoms with Crippen LogP contribution in [0.2, 0.25) is 0 Å². The third-order valence-corrected chi connectivity index (χ3v) is 5.30. The van der Waals surface area contributed by atoms with Gasteiger partial charge in [-0.25, -0.2) is 4.98 Å². The van der Waals surface area contributed by atoms with Crippen LogP contribution in [-0.4, -0.2) is 43.9 Å². The monoisotopic (exact) mass is 404 g/mol. The maximum absolute atomic E-state index is 6.22. The summed E-state index contributed by atoms with van der Waals surface area (Å²) in [5, 5.41) is 13.3. The van der Waals surface area contributed by atoms with Crippen LogP contribution in [0.5, 0.6) is 5.75 Å². The molecule has 0 radical (unpaired) electrons. The van der Waals surface area contributed by atoms with E-state index < -0.39 is 0 Å². The number of nitrogens with zero attached hydrogens (tertiary/aromatic N) is 5. The van der Waals surface area contributed by atoms with Crippen molar-refractivity contribution in [2.45, 2.75) is 19.4 Å². The van der Waals surface area contributed by atoms with E-state index in [4.69, 9.17) is 14.5 Å². The molecular weight excluding hydrogens is 380 g/mol. The molecule has 4 heterocycles. The standard InChI is InChI=1S/C22H24N6O2/c1-14-5-4-6-15(9-14)18-10-21(27(2)26-18)24-20-11-19(30-16-7-8-29-13-16)17-12-23-28(3)22(17)25-20/h4-6,9-12,16H,7-8,13H2,1-3H3,(H,24,25). The minimum absolute atomic E-state index is 0.0493. The molecule has 1 unspecified atom stereocenters. The number of hydrogen-bond acceptors (Lipinski definition) is 6. The molecule has 1 atom stereocenters. The molecule has 30 heavy (non-hydrogen) atoms. The highest BCUT2D eigenvalue weighted by Gasteiger charge is 2.20. The highest BCUT2D eigenvalue weighted by atomic mass is 16.5. The molecule has 0 amide bonds. The van der Waals surface area contributed by atoms with Gasteiger partial charge in [-0.3, -0.25) is 9.36 Å². The van der Waals surface area contributed by atoms with Gasteiger partial charge < -0.3 is 14.8 Å². The van der Waals surface area contributed by atoms with Crippen LogP contribution in [-0.2, 0) is 18.8 Å². The first kappa shape index (κ1) is 18.6. The van der Waals surface area contributed by atoms with Crippen LogP contribution in [0.3, 0.4) is 0 Å². The number of pyridine rings is 1. The quantitative estimate of drug-likeness (QED) is 0.548. The van der Waals surface area contributed by atoms with Gasteiger partial charge in [0.15, 0.2) is 5.65 Å². The van der Waals surface area contributed by atoms with E-state index >= 15 is 0 Å². The molecule has 1 N–H and O–H groups in total. The number of ether oxygens (including phenoxy) is 2. The predicted molar refractivity (Wildman–Crippen MR) is 115 cm³/mol. The van der Waals surface area contributed by atoms with Crippen molar-refractivity contribution in [1.82, 2.24) is 24.5 Å². The van der Waals surface area contributed by atoms with Gasteiger partial charge in [-0.05, 0) is 13.0 Å². The second-order valence-electron chi connectivity index (χ2n) is 7.65. The summed E-state index contributed by atoms with van der Waals surface area (Å²) in [5.74, 6) is 2.28. The summed E-state index contributed by atoms with van der Waals surface area (Å²) in [4.78, 5) is 4.74. The van der Waals surface area contributed by atoms with Crippen LogP contribution in [0.1, 0.15) is 12.0 Å². The molecular formula is C22H24N6O2. The fourth-order valence-corrected chi connectivity index (χ4v) is 3.69. The Morgan fingerprint density at radius 3 is 2.87 bits per heavy atom. The van der Waals surface area contributed by atoms with E-state index in [0.717, 1.165) is 46.9 Å². The first-order valence-electron chi connectivity index (χ1n) is 10.0. The molecule has 8 heteroatoms. The number of hydrogen-bond donors (Lipinski definition) is 1. The largest absolute Gasteiger partial charge is 0.487 e. The second kappa shape index (κ2) is 7.46. The lowest BCUT2D eigenvalue weighted by Gasteiger charge is -2.14. The number of fused-ring (bicyclic) bond motifs is 1. The van der Waals surface area contributed by atoms with Gasteiger partial charge in [0.25, 0.3) is 0 Å². The van der Waals surface area contributed by atoms with Crippen molar-refractivity contribution < 1.29 is 9.47 Å². The molecule has 1 fully saturated rings. The molecule has 1 saturated heterocycles. The summed E-state index contributed by atoms with van der Waals surface area (Å²) in [5.41, 5.74) is 3.95. The molecule has 1 aliphatic heterocycles. The normalized spacial score (nSPS) is 16.3. The van der Waals surface area contributed by atoms with E-state index in [2.05, 4.69) is 40.6 Å². The van der Waals surface area contributed by atoms with Crippen LogP contribution < -0.4 is 10.1 Å². The van der Waals surface area contributed by atoms with Crippen LogP contribution >= 0.6 is 0 Å². The molecule has 1 aromatic carbocycles. The number of aryl methyl sites for hydroxylation is 3. The highest BCUT2D eigenvalue weighted by molar-refractivity contribution is 5.84. The van der Waals surface area contributed by atoms with Crippen molar-refractivity contribution in [3.8, 4) is 17.0 Å². The van der Waals surface area contributed by atoms with Gasteiger partial charge in [0.05, 0.1) is 30.5 Å². The lowest BCUT2D eigenvalue weighted by molar-refractivity contribution is 0.142. The van der Waals surface area contributed by atoms with Gasteiger partial charge in [0.1, 0.15) is 23.5 Å². The molecule has 4 aromatic rings. The lowest BCUT2D eigenvalue weighted by Crippen LogP contribution is -2.16. The summed E-state index contributed by atoms with van der Waals surface area (Å²) >= 11 is 0. The van der Waals surface area contributed by atoms with E-state index in [0.29, 0.717) is 12.4 Å². The highest BCUT2D eigenvalue weighted by Crippen LogP contribution is 2.31. The Balaban J connectivity index is 1.48. The average molecular weight is 404 g/mol. The fourth-order valence-electron chi connectivity index (χ4n) is 3.69. The van der Waals surface area contributed by atoms with Crippen molar-refractivity contribution in [2.24, 2.45) is 14.1 Å². The third-order valence-electron chi connectivity index (χ3n) is 5.30. The Morgan fingerprint density at radius 2 is 2.07 bits per heavy atom. The Bertz CT molecular complexity index is 1210. The zero-order valence-electron chi connectivity index (χ0n) is 17.3. The third kappa shape index (κ3) is 3.50. The number of anilines is 2. The minimum atomic E-state index is 0.0493. The number of nitrogens with one attached hydrogen (secondary N) is 1.